The number of aryl methyl sites for hydroxylation is 1. The summed E-state index contributed by atoms with van der Waals surface area (Å²) in [4.78, 5) is 0.162. The second kappa shape index (κ2) is 7.77. The summed E-state index contributed by atoms with van der Waals surface area (Å²) in [5.41, 5.74) is 1.79. The number of rotatable bonds is 7. The minimum Gasteiger partial charge on any atom is -0.280 e. The van der Waals surface area contributed by atoms with E-state index in [1.54, 1.807) is 37.3 Å². The molecular formula is C18H24N2O4S2. The molecule has 0 aliphatic carbocycles. The molecule has 2 aromatic carbocycles. The third-order valence-corrected chi connectivity index (χ3v) is 7.32. The van der Waals surface area contributed by atoms with E-state index < -0.39 is 20.0 Å². The van der Waals surface area contributed by atoms with Crippen molar-refractivity contribution >= 4 is 25.7 Å². The standard InChI is InChI=1S/C18H24N2O4S2/c1-5-13(2)15-7-10-17(11-8-15)25(21,22)20-16-9-6-14(3)18(12-16)26(23,24)19-4/h6-13,19-20H,5H2,1-4H3/t13-/m1/s1. The van der Waals surface area contributed by atoms with Gasteiger partial charge in [0.1, 0.15) is 0 Å². The number of hydrogen-bond donors (Lipinski definition) is 2. The largest absolute Gasteiger partial charge is 0.280 e. The Kier molecular flexibility index (Phi) is 6.10. The van der Waals surface area contributed by atoms with E-state index in [0.717, 1.165) is 12.0 Å². The zero-order chi connectivity index (χ0) is 19.5. The predicted molar refractivity (Wildman–Crippen MR) is 103 cm³/mol. The number of anilines is 1. The Hall–Kier alpha value is -1.90. The normalized spacial score (nSPS) is 13.4. The minimum atomic E-state index is -3.81. The number of benzene rings is 2. The molecule has 142 valence electrons. The summed E-state index contributed by atoms with van der Waals surface area (Å²) in [7, 11) is -6.17. The minimum absolute atomic E-state index is 0.0346. The summed E-state index contributed by atoms with van der Waals surface area (Å²) >= 11 is 0. The third kappa shape index (κ3) is 4.44. The van der Waals surface area contributed by atoms with Crippen molar-refractivity contribution in [2.45, 2.75) is 42.9 Å². The van der Waals surface area contributed by atoms with Crippen LogP contribution >= 0.6 is 0 Å². The number of sulfonamides is 2. The first-order valence-corrected chi connectivity index (χ1v) is 11.2. The molecule has 0 fully saturated rings. The van der Waals surface area contributed by atoms with Crippen LogP contribution in [0.5, 0.6) is 0 Å². The lowest BCUT2D eigenvalue weighted by Crippen LogP contribution is -2.20. The maximum atomic E-state index is 12.6. The topological polar surface area (TPSA) is 92.3 Å². The van der Waals surface area contributed by atoms with Gasteiger partial charge in [0.25, 0.3) is 10.0 Å². The van der Waals surface area contributed by atoms with Gasteiger partial charge in [-0.2, -0.15) is 0 Å². The lowest BCUT2D eigenvalue weighted by molar-refractivity contribution is 0.587. The van der Waals surface area contributed by atoms with E-state index in [1.807, 2.05) is 0 Å². The molecule has 0 unspecified atom stereocenters. The Morgan fingerprint density at radius 3 is 2.12 bits per heavy atom. The molecule has 2 rings (SSSR count). The molecule has 2 N–H and O–H groups in total. The highest BCUT2D eigenvalue weighted by Gasteiger charge is 2.19. The SMILES string of the molecule is CC[C@@H](C)c1ccc(S(=O)(=O)Nc2ccc(C)c(S(=O)(=O)NC)c2)cc1. The van der Waals surface area contributed by atoms with Gasteiger partial charge in [-0.05, 0) is 61.7 Å². The zero-order valence-electron chi connectivity index (χ0n) is 15.3. The molecule has 0 saturated carbocycles. The summed E-state index contributed by atoms with van der Waals surface area (Å²) in [5.74, 6) is 0.353. The average molecular weight is 397 g/mol. The molecule has 0 aliphatic rings. The molecule has 0 amide bonds. The van der Waals surface area contributed by atoms with Crippen LogP contribution in [0.25, 0.3) is 0 Å². The van der Waals surface area contributed by atoms with E-state index in [9.17, 15) is 16.8 Å². The number of nitrogens with one attached hydrogen (secondary N) is 2. The van der Waals surface area contributed by atoms with Gasteiger partial charge >= 0.3 is 0 Å². The Labute approximate surface area is 155 Å². The van der Waals surface area contributed by atoms with E-state index >= 15 is 0 Å². The molecule has 0 radical (unpaired) electrons. The van der Waals surface area contributed by atoms with Crippen LogP contribution in [0.3, 0.4) is 0 Å². The van der Waals surface area contributed by atoms with Gasteiger partial charge in [-0.25, -0.2) is 21.6 Å². The lowest BCUT2D eigenvalue weighted by atomic mass is 9.99. The van der Waals surface area contributed by atoms with Crippen molar-refractivity contribution in [1.29, 1.82) is 0 Å². The maximum absolute atomic E-state index is 12.6. The van der Waals surface area contributed by atoms with E-state index in [1.165, 1.54) is 19.2 Å². The highest BCUT2D eigenvalue weighted by Crippen LogP contribution is 2.24. The molecular weight excluding hydrogens is 372 g/mol. The van der Waals surface area contributed by atoms with Gasteiger partial charge in [-0.1, -0.05) is 32.0 Å². The monoisotopic (exact) mass is 396 g/mol. The van der Waals surface area contributed by atoms with E-state index in [2.05, 4.69) is 23.3 Å². The van der Waals surface area contributed by atoms with Crippen molar-refractivity contribution in [2.75, 3.05) is 11.8 Å². The molecule has 0 aliphatic heterocycles. The van der Waals surface area contributed by atoms with E-state index in [-0.39, 0.29) is 15.5 Å². The van der Waals surface area contributed by atoms with Gasteiger partial charge in [-0.3, -0.25) is 4.72 Å². The predicted octanol–water partition coefficient (Wildman–Crippen LogP) is 3.22. The summed E-state index contributed by atoms with van der Waals surface area (Å²) < 4.78 is 54.0. The Morgan fingerprint density at radius 1 is 0.962 bits per heavy atom. The third-order valence-electron chi connectivity index (χ3n) is 4.37. The fraction of sp³-hybridized carbons (Fsp3) is 0.333. The summed E-state index contributed by atoms with van der Waals surface area (Å²) in [6.07, 6.45) is 0.969. The first-order valence-electron chi connectivity index (χ1n) is 8.27. The Balaban J connectivity index is 2.34. The average Bonchev–Trinajstić information content (AvgIpc) is 2.62. The summed E-state index contributed by atoms with van der Waals surface area (Å²) in [6, 6.07) is 11.1. The molecule has 6 nitrogen and oxygen atoms in total. The fourth-order valence-electron chi connectivity index (χ4n) is 2.49. The van der Waals surface area contributed by atoms with Gasteiger partial charge in [-0.15, -0.1) is 0 Å². The van der Waals surface area contributed by atoms with E-state index in [0.29, 0.717) is 11.5 Å². The highest BCUT2D eigenvalue weighted by atomic mass is 32.2. The quantitative estimate of drug-likeness (QED) is 0.752. The zero-order valence-corrected chi connectivity index (χ0v) is 16.9. The van der Waals surface area contributed by atoms with Crippen molar-refractivity contribution in [3.63, 3.8) is 0 Å². The van der Waals surface area contributed by atoms with Crippen molar-refractivity contribution in [1.82, 2.24) is 4.72 Å². The van der Waals surface area contributed by atoms with Gasteiger partial charge in [0, 0.05) is 0 Å². The molecule has 8 heteroatoms. The molecule has 0 saturated heterocycles. The summed E-state index contributed by atoms with van der Waals surface area (Å²) in [5, 5.41) is 0. The first kappa shape index (κ1) is 20.4. The molecule has 2 aromatic rings. The van der Waals surface area contributed by atoms with Gasteiger partial charge in [0.2, 0.25) is 10.0 Å². The van der Waals surface area contributed by atoms with Crippen LogP contribution in [-0.2, 0) is 20.0 Å². The molecule has 0 aromatic heterocycles. The van der Waals surface area contributed by atoms with Crippen LogP contribution in [0.2, 0.25) is 0 Å². The van der Waals surface area contributed by atoms with Crippen LogP contribution in [0.1, 0.15) is 37.3 Å². The molecule has 0 heterocycles. The maximum Gasteiger partial charge on any atom is 0.261 e. The van der Waals surface area contributed by atoms with Crippen LogP contribution in [0.15, 0.2) is 52.3 Å². The van der Waals surface area contributed by atoms with Crippen molar-refractivity contribution in [3.05, 3.63) is 53.6 Å². The van der Waals surface area contributed by atoms with Crippen LogP contribution in [0, 0.1) is 6.92 Å². The van der Waals surface area contributed by atoms with Gasteiger partial charge < -0.3 is 0 Å². The first-order chi connectivity index (χ1) is 12.1. The summed E-state index contributed by atoms with van der Waals surface area (Å²) in [6.45, 7) is 5.80. The highest BCUT2D eigenvalue weighted by molar-refractivity contribution is 7.92. The smallest absolute Gasteiger partial charge is 0.261 e. The van der Waals surface area contributed by atoms with E-state index in [4.69, 9.17) is 0 Å². The Bertz CT molecular complexity index is 982. The van der Waals surface area contributed by atoms with Gasteiger partial charge in [0.05, 0.1) is 15.5 Å². The second-order valence-electron chi connectivity index (χ2n) is 6.17. The molecule has 26 heavy (non-hydrogen) atoms. The fourth-order valence-corrected chi connectivity index (χ4v) is 4.53. The Morgan fingerprint density at radius 2 is 1.58 bits per heavy atom. The molecule has 1 atom stereocenters. The van der Waals surface area contributed by atoms with Gasteiger partial charge in [0.15, 0.2) is 0 Å². The van der Waals surface area contributed by atoms with Crippen LogP contribution in [0.4, 0.5) is 5.69 Å². The van der Waals surface area contributed by atoms with Crippen molar-refractivity contribution in [3.8, 4) is 0 Å². The van der Waals surface area contributed by atoms with Crippen LogP contribution in [-0.4, -0.2) is 23.9 Å². The molecule has 0 spiro atoms. The number of hydrogen-bond acceptors (Lipinski definition) is 4. The second-order valence-corrected chi connectivity index (χ2v) is 9.71. The van der Waals surface area contributed by atoms with Crippen molar-refractivity contribution in [2.24, 2.45) is 0 Å². The lowest BCUT2D eigenvalue weighted by Gasteiger charge is -2.13. The van der Waals surface area contributed by atoms with Crippen molar-refractivity contribution < 1.29 is 16.8 Å². The molecule has 0 bridgehead atoms. The van der Waals surface area contributed by atoms with Crippen LogP contribution < -0.4 is 9.44 Å².